The quantitative estimate of drug-likeness (QED) is 0.774. The van der Waals surface area contributed by atoms with Crippen LogP contribution >= 0.6 is 0 Å². The topological polar surface area (TPSA) is 38.7 Å². The van der Waals surface area contributed by atoms with Crippen molar-refractivity contribution in [2.75, 3.05) is 14.0 Å². The van der Waals surface area contributed by atoms with Gasteiger partial charge in [0.15, 0.2) is 0 Å². The molecular formula is C9H11FO3. The zero-order chi connectivity index (χ0) is 9.68. The summed E-state index contributed by atoms with van der Waals surface area (Å²) in [5, 5.41) is 8.88. The Labute approximate surface area is 75.7 Å². The van der Waals surface area contributed by atoms with Crippen LogP contribution in [0.1, 0.15) is 5.56 Å². The van der Waals surface area contributed by atoms with E-state index in [9.17, 15) is 4.39 Å². The smallest absolute Gasteiger partial charge is 0.228 e. The van der Waals surface area contributed by atoms with E-state index in [4.69, 9.17) is 9.84 Å². The van der Waals surface area contributed by atoms with Crippen LogP contribution in [-0.4, -0.2) is 19.1 Å². The SMILES string of the molecule is COc1cc(OCF)ccc1CO. The first-order valence-corrected chi connectivity index (χ1v) is 3.78. The zero-order valence-electron chi connectivity index (χ0n) is 7.29. The summed E-state index contributed by atoms with van der Waals surface area (Å²) in [5.74, 6) is 0.880. The molecule has 3 nitrogen and oxygen atoms in total. The van der Waals surface area contributed by atoms with E-state index in [-0.39, 0.29) is 6.61 Å². The molecule has 1 aromatic rings. The predicted molar refractivity (Wildman–Crippen MR) is 45.5 cm³/mol. The minimum Gasteiger partial charge on any atom is -0.496 e. The number of benzene rings is 1. The molecule has 0 atom stereocenters. The third-order valence-electron chi connectivity index (χ3n) is 1.65. The Hall–Kier alpha value is -1.29. The molecule has 0 heterocycles. The van der Waals surface area contributed by atoms with Crippen LogP contribution in [0.2, 0.25) is 0 Å². The van der Waals surface area contributed by atoms with Crippen LogP contribution in [0.25, 0.3) is 0 Å². The van der Waals surface area contributed by atoms with Gasteiger partial charge in [-0.15, -0.1) is 0 Å². The molecule has 0 aliphatic rings. The fourth-order valence-electron chi connectivity index (χ4n) is 1.01. The summed E-state index contributed by atoms with van der Waals surface area (Å²) in [7, 11) is 1.48. The van der Waals surface area contributed by atoms with E-state index in [1.54, 1.807) is 12.1 Å². The lowest BCUT2D eigenvalue weighted by Gasteiger charge is -2.08. The minimum atomic E-state index is -0.873. The standard InChI is InChI=1S/C9H11FO3/c1-12-9-4-8(13-6-10)3-2-7(9)5-11/h2-4,11H,5-6H2,1H3. The number of alkyl halides is 1. The van der Waals surface area contributed by atoms with Crippen LogP contribution in [0.3, 0.4) is 0 Å². The molecule has 0 saturated heterocycles. The molecule has 0 unspecified atom stereocenters. The Morgan fingerprint density at radius 3 is 2.77 bits per heavy atom. The van der Waals surface area contributed by atoms with E-state index in [2.05, 4.69) is 4.74 Å². The van der Waals surface area contributed by atoms with Crippen molar-refractivity contribution in [1.82, 2.24) is 0 Å². The second kappa shape index (κ2) is 4.67. The Balaban J connectivity index is 2.91. The second-order valence-electron chi connectivity index (χ2n) is 2.39. The predicted octanol–water partition coefficient (Wildman–Crippen LogP) is 1.49. The number of aliphatic hydroxyl groups excluding tert-OH is 1. The maximum Gasteiger partial charge on any atom is 0.228 e. The zero-order valence-corrected chi connectivity index (χ0v) is 7.29. The molecular weight excluding hydrogens is 175 g/mol. The molecule has 0 radical (unpaired) electrons. The lowest BCUT2D eigenvalue weighted by molar-refractivity contribution is 0.191. The molecule has 0 aliphatic heterocycles. The molecule has 0 aromatic heterocycles. The fourth-order valence-corrected chi connectivity index (χ4v) is 1.01. The first-order valence-electron chi connectivity index (χ1n) is 3.78. The van der Waals surface area contributed by atoms with Crippen molar-refractivity contribution in [3.8, 4) is 11.5 Å². The van der Waals surface area contributed by atoms with Crippen LogP contribution in [0.15, 0.2) is 18.2 Å². The highest BCUT2D eigenvalue weighted by Gasteiger charge is 2.03. The van der Waals surface area contributed by atoms with Crippen molar-refractivity contribution in [3.63, 3.8) is 0 Å². The molecule has 1 aromatic carbocycles. The van der Waals surface area contributed by atoms with Gasteiger partial charge in [0.2, 0.25) is 6.86 Å². The van der Waals surface area contributed by atoms with Gasteiger partial charge in [0.25, 0.3) is 0 Å². The van der Waals surface area contributed by atoms with Gasteiger partial charge >= 0.3 is 0 Å². The molecule has 0 fully saturated rings. The summed E-state index contributed by atoms with van der Waals surface area (Å²) in [5.41, 5.74) is 0.647. The Morgan fingerprint density at radius 1 is 1.46 bits per heavy atom. The second-order valence-corrected chi connectivity index (χ2v) is 2.39. The highest BCUT2D eigenvalue weighted by atomic mass is 19.1. The Bertz CT molecular complexity index is 276. The number of hydrogen-bond acceptors (Lipinski definition) is 3. The molecule has 13 heavy (non-hydrogen) atoms. The monoisotopic (exact) mass is 186 g/mol. The minimum absolute atomic E-state index is 0.112. The van der Waals surface area contributed by atoms with Gasteiger partial charge in [-0.05, 0) is 12.1 Å². The van der Waals surface area contributed by atoms with E-state index in [1.165, 1.54) is 13.2 Å². The van der Waals surface area contributed by atoms with Crippen molar-refractivity contribution in [2.45, 2.75) is 6.61 Å². The van der Waals surface area contributed by atoms with Crippen LogP contribution < -0.4 is 9.47 Å². The van der Waals surface area contributed by atoms with Crippen LogP contribution in [0.4, 0.5) is 4.39 Å². The molecule has 0 bridgehead atoms. The van der Waals surface area contributed by atoms with Gasteiger partial charge in [0.1, 0.15) is 11.5 Å². The lowest BCUT2D eigenvalue weighted by Crippen LogP contribution is -1.95. The van der Waals surface area contributed by atoms with Crippen LogP contribution in [0.5, 0.6) is 11.5 Å². The number of methoxy groups -OCH3 is 1. The van der Waals surface area contributed by atoms with E-state index < -0.39 is 6.86 Å². The molecule has 0 saturated carbocycles. The van der Waals surface area contributed by atoms with E-state index in [0.29, 0.717) is 17.1 Å². The highest BCUT2D eigenvalue weighted by molar-refractivity contribution is 5.40. The van der Waals surface area contributed by atoms with Crippen molar-refractivity contribution in [1.29, 1.82) is 0 Å². The van der Waals surface area contributed by atoms with Gasteiger partial charge in [-0.1, -0.05) is 0 Å². The molecule has 0 aliphatic carbocycles. The average molecular weight is 186 g/mol. The summed E-state index contributed by atoms with van der Waals surface area (Å²) in [6.07, 6.45) is 0. The van der Waals surface area contributed by atoms with Gasteiger partial charge < -0.3 is 14.6 Å². The normalized spacial score (nSPS) is 9.77. The molecule has 72 valence electrons. The maximum atomic E-state index is 11.8. The fraction of sp³-hybridized carbons (Fsp3) is 0.333. The van der Waals surface area contributed by atoms with E-state index >= 15 is 0 Å². The molecule has 1 N–H and O–H groups in total. The van der Waals surface area contributed by atoms with Gasteiger partial charge in [0, 0.05) is 11.6 Å². The van der Waals surface area contributed by atoms with Crippen LogP contribution in [-0.2, 0) is 6.61 Å². The number of rotatable bonds is 4. The summed E-state index contributed by atoms with van der Waals surface area (Å²) in [6.45, 7) is -0.985. The summed E-state index contributed by atoms with van der Waals surface area (Å²) < 4.78 is 21.4. The molecule has 0 spiro atoms. The third-order valence-corrected chi connectivity index (χ3v) is 1.65. The largest absolute Gasteiger partial charge is 0.496 e. The van der Waals surface area contributed by atoms with E-state index in [0.717, 1.165) is 0 Å². The number of aliphatic hydroxyl groups is 1. The van der Waals surface area contributed by atoms with Gasteiger partial charge in [-0.2, -0.15) is 0 Å². The van der Waals surface area contributed by atoms with Crippen molar-refractivity contribution < 1.29 is 19.0 Å². The van der Waals surface area contributed by atoms with Crippen molar-refractivity contribution in [3.05, 3.63) is 23.8 Å². The summed E-state index contributed by atoms with van der Waals surface area (Å²) in [6, 6.07) is 4.74. The molecule has 4 heteroatoms. The van der Waals surface area contributed by atoms with E-state index in [1.807, 2.05) is 0 Å². The first kappa shape index (κ1) is 9.80. The Kier molecular flexibility index (Phi) is 3.52. The number of ether oxygens (including phenoxy) is 2. The number of halogens is 1. The number of hydrogen-bond donors (Lipinski definition) is 1. The third kappa shape index (κ3) is 2.32. The molecule has 1 rings (SSSR count). The average Bonchev–Trinajstić information content (AvgIpc) is 2.18. The highest BCUT2D eigenvalue weighted by Crippen LogP contribution is 2.24. The lowest BCUT2D eigenvalue weighted by atomic mass is 10.2. The van der Waals surface area contributed by atoms with Gasteiger partial charge in [0.05, 0.1) is 13.7 Å². The Morgan fingerprint density at radius 2 is 2.23 bits per heavy atom. The summed E-state index contributed by atoms with van der Waals surface area (Å²) in [4.78, 5) is 0. The van der Waals surface area contributed by atoms with Crippen molar-refractivity contribution >= 4 is 0 Å². The summed E-state index contributed by atoms with van der Waals surface area (Å²) >= 11 is 0. The molecule has 0 amide bonds. The van der Waals surface area contributed by atoms with Crippen LogP contribution in [0, 0.1) is 0 Å². The van der Waals surface area contributed by atoms with Gasteiger partial charge in [-0.25, -0.2) is 4.39 Å². The maximum absolute atomic E-state index is 11.8. The first-order chi connectivity index (χ1) is 6.31. The van der Waals surface area contributed by atoms with Gasteiger partial charge in [-0.3, -0.25) is 0 Å². The van der Waals surface area contributed by atoms with Crippen molar-refractivity contribution in [2.24, 2.45) is 0 Å².